The molecule has 1 aliphatic heterocycles. The summed E-state index contributed by atoms with van der Waals surface area (Å²) in [7, 11) is 0. The van der Waals surface area contributed by atoms with Crippen molar-refractivity contribution in [2.45, 2.75) is 25.8 Å². The van der Waals surface area contributed by atoms with Crippen LogP contribution in [0.3, 0.4) is 0 Å². The number of carbonyl (C=O) groups excluding carboxylic acids is 2. The Balaban J connectivity index is 1.58. The van der Waals surface area contributed by atoms with Crippen molar-refractivity contribution >= 4 is 50.7 Å². The van der Waals surface area contributed by atoms with Crippen molar-refractivity contribution in [2.24, 2.45) is 0 Å². The lowest BCUT2D eigenvalue weighted by atomic mass is 9.93. The first-order valence-electron chi connectivity index (χ1n) is 11.7. The molecule has 2 heterocycles. The average molecular weight is 576 g/mol. The van der Waals surface area contributed by atoms with E-state index < -0.39 is 0 Å². The van der Waals surface area contributed by atoms with Gasteiger partial charge in [-0.1, -0.05) is 45.7 Å². The van der Waals surface area contributed by atoms with Crippen LogP contribution in [0.5, 0.6) is 0 Å². The Kier molecular flexibility index (Phi) is 9.00. The molecule has 0 fully saturated rings. The summed E-state index contributed by atoms with van der Waals surface area (Å²) >= 11 is 11.3. The van der Waals surface area contributed by atoms with Crippen LogP contribution in [0.1, 0.15) is 45.7 Å². The maximum atomic E-state index is 13.8. The van der Waals surface area contributed by atoms with Crippen molar-refractivity contribution in [3.05, 3.63) is 91.0 Å². The van der Waals surface area contributed by atoms with Gasteiger partial charge in [-0.25, -0.2) is 0 Å². The second-order valence-corrected chi connectivity index (χ2v) is 10.7. The molecule has 3 aromatic rings. The van der Waals surface area contributed by atoms with Gasteiger partial charge in [-0.05, 0) is 72.7 Å². The molecule has 0 spiro atoms. The van der Waals surface area contributed by atoms with E-state index in [-0.39, 0.29) is 24.4 Å². The molecule has 0 radical (unpaired) electrons. The average Bonchev–Trinajstić information content (AvgIpc) is 3.34. The molecule has 1 atom stereocenters. The van der Waals surface area contributed by atoms with Crippen LogP contribution in [0.2, 0.25) is 5.02 Å². The van der Waals surface area contributed by atoms with Crippen molar-refractivity contribution in [3.63, 3.8) is 0 Å². The SMILES string of the molecule is CCOCCCN(CC(=O)N1CCc2sccc2C1c1ccc(Cl)cc1)C(=O)c1cccc(Br)c1. The maximum Gasteiger partial charge on any atom is 0.254 e. The summed E-state index contributed by atoms with van der Waals surface area (Å²) in [6.07, 6.45) is 1.48. The van der Waals surface area contributed by atoms with Gasteiger partial charge in [-0.3, -0.25) is 9.59 Å². The normalized spacial score (nSPS) is 15.1. The summed E-state index contributed by atoms with van der Waals surface area (Å²) in [5.74, 6) is -0.228. The van der Waals surface area contributed by atoms with Crippen LogP contribution < -0.4 is 0 Å². The minimum atomic E-state index is -0.194. The van der Waals surface area contributed by atoms with E-state index in [0.717, 1.165) is 22.0 Å². The highest BCUT2D eigenvalue weighted by atomic mass is 79.9. The van der Waals surface area contributed by atoms with Crippen molar-refractivity contribution in [1.82, 2.24) is 9.80 Å². The molecule has 0 N–H and O–H groups in total. The standard InChI is InChI=1S/C27H28BrClN2O3S/c1-2-34-15-4-13-30(27(33)20-5-3-6-21(28)17-20)18-25(32)31-14-11-24-23(12-16-35-24)26(31)19-7-9-22(29)10-8-19/h3,5-10,12,16-17,26H,2,4,11,13-15,18H2,1H3. The minimum absolute atomic E-state index is 0.0149. The van der Waals surface area contributed by atoms with E-state index >= 15 is 0 Å². The molecule has 2 aromatic carbocycles. The first kappa shape index (κ1) is 25.9. The van der Waals surface area contributed by atoms with Gasteiger partial charge in [0, 0.05) is 46.2 Å². The quantitative estimate of drug-likeness (QED) is 0.285. The minimum Gasteiger partial charge on any atom is -0.382 e. The number of hydrogen-bond donors (Lipinski definition) is 0. The monoisotopic (exact) mass is 574 g/mol. The van der Waals surface area contributed by atoms with Crippen LogP contribution in [0, 0.1) is 0 Å². The highest BCUT2D eigenvalue weighted by molar-refractivity contribution is 9.10. The summed E-state index contributed by atoms with van der Waals surface area (Å²) in [6, 6.07) is 16.9. The zero-order chi connectivity index (χ0) is 24.8. The van der Waals surface area contributed by atoms with Gasteiger partial charge in [-0.15, -0.1) is 11.3 Å². The lowest BCUT2D eigenvalue weighted by Crippen LogP contribution is -2.47. The van der Waals surface area contributed by atoms with Crippen LogP contribution >= 0.6 is 38.9 Å². The fourth-order valence-corrected chi connectivity index (χ4v) is 5.83. The predicted octanol–water partition coefficient (Wildman–Crippen LogP) is 6.21. The highest BCUT2D eigenvalue weighted by Crippen LogP contribution is 2.38. The number of carbonyl (C=O) groups is 2. The molecular formula is C27H28BrClN2O3S. The molecule has 184 valence electrons. The van der Waals surface area contributed by atoms with Crippen LogP contribution in [-0.4, -0.2) is 54.5 Å². The van der Waals surface area contributed by atoms with Crippen LogP contribution in [-0.2, 0) is 16.0 Å². The van der Waals surface area contributed by atoms with E-state index in [1.54, 1.807) is 28.4 Å². The number of fused-ring (bicyclic) bond motifs is 1. The van der Waals surface area contributed by atoms with E-state index in [2.05, 4.69) is 27.4 Å². The molecule has 0 saturated carbocycles. The van der Waals surface area contributed by atoms with Crippen LogP contribution in [0.4, 0.5) is 0 Å². The number of amides is 2. The summed E-state index contributed by atoms with van der Waals surface area (Å²) in [4.78, 5) is 32.0. The molecular weight excluding hydrogens is 548 g/mol. The number of halogens is 2. The van der Waals surface area contributed by atoms with Gasteiger partial charge < -0.3 is 14.5 Å². The first-order chi connectivity index (χ1) is 17.0. The number of thiophene rings is 1. The molecule has 4 rings (SSSR count). The molecule has 0 saturated heterocycles. The third kappa shape index (κ3) is 6.33. The fourth-order valence-electron chi connectivity index (χ4n) is 4.40. The molecule has 0 aliphatic carbocycles. The predicted molar refractivity (Wildman–Crippen MR) is 144 cm³/mol. The van der Waals surface area contributed by atoms with Crippen molar-refractivity contribution in [1.29, 1.82) is 0 Å². The molecule has 1 unspecified atom stereocenters. The smallest absolute Gasteiger partial charge is 0.254 e. The highest BCUT2D eigenvalue weighted by Gasteiger charge is 2.34. The van der Waals surface area contributed by atoms with E-state index in [4.69, 9.17) is 16.3 Å². The van der Waals surface area contributed by atoms with E-state index in [1.807, 2.05) is 48.2 Å². The van der Waals surface area contributed by atoms with E-state index in [1.165, 1.54) is 4.88 Å². The van der Waals surface area contributed by atoms with Gasteiger partial charge in [-0.2, -0.15) is 0 Å². The number of rotatable bonds is 9. The Morgan fingerprint density at radius 1 is 1.20 bits per heavy atom. The topological polar surface area (TPSA) is 49.9 Å². The lowest BCUT2D eigenvalue weighted by molar-refractivity contribution is -0.134. The van der Waals surface area contributed by atoms with Crippen molar-refractivity contribution in [3.8, 4) is 0 Å². The Bertz CT molecular complexity index is 1170. The van der Waals surface area contributed by atoms with Gasteiger partial charge in [0.1, 0.15) is 6.54 Å². The molecule has 1 aliphatic rings. The number of nitrogens with zero attached hydrogens (tertiary/aromatic N) is 2. The molecule has 8 heteroatoms. The summed E-state index contributed by atoms with van der Waals surface area (Å²) < 4.78 is 6.30. The van der Waals surface area contributed by atoms with Crippen molar-refractivity contribution < 1.29 is 14.3 Å². The second-order valence-electron chi connectivity index (χ2n) is 8.38. The molecule has 35 heavy (non-hydrogen) atoms. The van der Waals surface area contributed by atoms with Crippen molar-refractivity contribution in [2.75, 3.05) is 32.8 Å². The zero-order valence-corrected chi connectivity index (χ0v) is 22.7. The molecule has 1 aromatic heterocycles. The van der Waals surface area contributed by atoms with Crippen LogP contribution in [0.25, 0.3) is 0 Å². The third-order valence-electron chi connectivity index (χ3n) is 6.08. The summed E-state index contributed by atoms with van der Waals surface area (Å²) in [6.45, 7) is 4.18. The largest absolute Gasteiger partial charge is 0.382 e. The Hall–Kier alpha value is -2.19. The number of ether oxygens (including phenoxy) is 1. The maximum absolute atomic E-state index is 13.8. The molecule has 2 amide bonds. The summed E-state index contributed by atoms with van der Waals surface area (Å²) in [5.41, 5.74) is 2.72. The van der Waals surface area contributed by atoms with Gasteiger partial charge in [0.2, 0.25) is 5.91 Å². The van der Waals surface area contributed by atoms with Gasteiger partial charge >= 0.3 is 0 Å². The lowest BCUT2D eigenvalue weighted by Gasteiger charge is -2.37. The third-order valence-corrected chi connectivity index (χ3v) is 7.82. The number of hydrogen-bond acceptors (Lipinski definition) is 4. The first-order valence-corrected chi connectivity index (χ1v) is 13.8. The molecule has 5 nitrogen and oxygen atoms in total. The van der Waals surface area contributed by atoms with E-state index in [0.29, 0.717) is 43.3 Å². The van der Waals surface area contributed by atoms with Gasteiger partial charge in [0.15, 0.2) is 0 Å². The number of benzene rings is 2. The molecule has 0 bridgehead atoms. The van der Waals surface area contributed by atoms with Gasteiger partial charge in [0.05, 0.1) is 6.04 Å². The second kappa shape index (κ2) is 12.2. The van der Waals surface area contributed by atoms with Crippen LogP contribution in [0.15, 0.2) is 64.5 Å². The Morgan fingerprint density at radius 2 is 2.00 bits per heavy atom. The zero-order valence-electron chi connectivity index (χ0n) is 19.6. The van der Waals surface area contributed by atoms with E-state index in [9.17, 15) is 9.59 Å². The summed E-state index contributed by atoms with van der Waals surface area (Å²) in [5, 5.41) is 2.74. The Labute approximate surface area is 223 Å². The fraction of sp³-hybridized carbons (Fsp3) is 0.333. The van der Waals surface area contributed by atoms with Gasteiger partial charge in [0.25, 0.3) is 5.91 Å². The Morgan fingerprint density at radius 3 is 2.74 bits per heavy atom.